The third-order valence-electron chi connectivity index (χ3n) is 5.21. The zero-order chi connectivity index (χ0) is 20.5. The zero-order valence-corrected chi connectivity index (χ0v) is 17.1. The molecule has 0 atom stereocenters. The molecule has 0 saturated heterocycles. The number of hydrogen-bond acceptors (Lipinski definition) is 4. The largest absolute Gasteiger partial charge is 0.478 e. The minimum Gasteiger partial charge on any atom is -0.478 e. The van der Waals surface area contributed by atoms with Crippen molar-refractivity contribution in [2.24, 2.45) is 5.10 Å². The fourth-order valence-corrected chi connectivity index (χ4v) is 3.83. The molecule has 146 valence electrons. The van der Waals surface area contributed by atoms with Gasteiger partial charge in [0.15, 0.2) is 0 Å². The van der Waals surface area contributed by atoms with Crippen LogP contribution in [0.4, 0.5) is 11.4 Å². The lowest BCUT2D eigenvalue weighted by molar-refractivity contribution is 0.0697. The van der Waals surface area contributed by atoms with Crippen molar-refractivity contribution in [2.75, 3.05) is 16.9 Å². The summed E-state index contributed by atoms with van der Waals surface area (Å²) in [6.45, 7) is 11.9. The minimum absolute atomic E-state index is 0.00243. The van der Waals surface area contributed by atoms with Gasteiger partial charge < -0.3 is 10.0 Å². The highest BCUT2D eigenvalue weighted by Gasteiger charge is 2.30. The first-order valence-corrected chi connectivity index (χ1v) is 9.47. The third kappa shape index (κ3) is 3.79. The second-order valence-electron chi connectivity index (χ2n) is 7.70. The van der Waals surface area contributed by atoms with Crippen LogP contribution in [0.25, 0.3) is 5.57 Å². The molecule has 5 nitrogen and oxygen atoms in total. The second-order valence-corrected chi connectivity index (χ2v) is 7.70. The van der Waals surface area contributed by atoms with E-state index < -0.39 is 5.97 Å². The second kappa shape index (κ2) is 7.50. The fourth-order valence-electron chi connectivity index (χ4n) is 3.83. The first kappa shape index (κ1) is 19.7. The van der Waals surface area contributed by atoms with Crippen molar-refractivity contribution in [3.63, 3.8) is 0 Å². The lowest BCUT2D eigenvalue weighted by Gasteiger charge is -2.43. The summed E-state index contributed by atoms with van der Waals surface area (Å²) in [6, 6.07) is 10.9. The van der Waals surface area contributed by atoms with Gasteiger partial charge in [-0.3, -0.25) is 5.43 Å². The molecule has 5 heteroatoms. The molecule has 1 heterocycles. The van der Waals surface area contributed by atoms with E-state index in [9.17, 15) is 4.79 Å². The van der Waals surface area contributed by atoms with Crippen LogP contribution < -0.4 is 10.3 Å². The number of nitrogens with one attached hydrogen (secondary N) is 1. The molecule has 1 aliphatic rings. The Bertz CT molecular complexity index is 957. The number of fused-ring (bicyclic) bond motifs is 1. The Morgan fingerprint density at radius 3 is 2.50 bits per heavy atom. The molecule has 2 N–H and O–H groups in total. The molecular weight excluding hydrogens is 350 g/mol. The van der Waals surface area contributed by atoms with E-state index in [4.69, 9.17) is 5.11 Å². The highest BCUT2D eigenvalue weighted by atomic mass is 16.4. The Balaban J connectivity index is 1.85. The molecule has 2 aromatic rings. The Hall–Kier alpha value is -3.08. The Labute approximate surface area is 166 Å². The van der Waals surface area contributed by atoms with E-state index in [0.717, 1.165) is 23.4 Å². The molecule has 1 aliphatic heterocycles. The zero-order valence-electron chi connectivity index (χ0n) is 17.1. The summed E-state index contributed by atoms with van der Waals surface area (Å²) in [5.74, 6) is -0.938. The highest BCUT2D eigenvalue weighted by molar-refractivity contribution is 5.90. The van der Waals surface area contributed by atoms with Crippen LogP contribution in [-0.4, -0.2) is 29.4 Å². The van der Waals surface area contributed by atoms with E-state index in [1.807, 2.05) is 6.21 Å². The summed E-state index contributed by atoms with van der Waals surface area (Å²) in [4.78, 5) is 13.3. The van der Waals surface area contributed by atoms with Gasteiger partial charge in [0.2, 0.25) is 0 Å². The van der Waals surface area contributed by atoms with Gasteiger partial charge in [-0.15, -0.1) is 0 Å². The van der Waals surface area contributed by atoms with E-state index in [1.165, 1.54) is 16.8 Å². The summed E-state index contributed by atoms with van der Waals surface area (Å²) < 4.78 is 0. The highest BCUT2D eigenvalue weighted by Crippen LogP contribution is 2.39. The van der Waals surface area contributed by atoms with Crippen molar-refractivity contribution in [3.8, 4) is 0 Å². The van der Waals surface area contributed by atoms with E-state index in [1.54, 1.807) is 24.3 Å². The molecule has 0 aliphatic carbocycles. The summed E-state index contributed by atoms with van der Waals surface area (Å²) in [5.41, 5.74) is 9.94. The summed E-state index contributed by atoms with van der Waals surface area (Å²) >= 11 is 0. The van der Waals surface area contributed by atoms with E-state index >= 15 is 0 Å². The molecular formula is C23H27N3O2. The van der Waals surface area contributed by atoms with Crippen molar-refractivity contribution in [2.45, 2.75) is 40.2 Å². The predicted octanol–water partition coefficient (Wildman–Crippen LogP) is 5.16. The average Bonchev–Trinajstić information content (AvgIpc) is 2.62. The molecule has 0 bridgehead atoms. The molecule has 0 amide bonds. The quantitative estimate of drug-likeness (QED) is 0.558. The number of carboxylic acids is 1. The van der Waals surface area contributed by atoms with E-state index in [0.29, 0.717) is 0 Å². The number of hydrogen-bond donors (Lipinski definition) is 2. The maximum absolute atomic E-state index is 10.9. The predicted molar refractivity (Wildman–Crippen MR) is 117 cm³/mol. The van der Waals surface area contributed by atoms with Crippen LogP contribution in [-0.2, 0) is 0 Å². The van der Waals surface area contributed by atoms with Crippen LogP contribution in [0.2, 0.25) is 0 Å². The normalized spacial score (nSPS) is 15.3. The van der Waals surface area contributed by atoms with Gasteiger partial charge in [-0.1, -0.05) is 6.08 Å². The average molecular weight is 377 g/mol. The van der Waals surface area contributed by atoms with Crippen LogP contribution in [0.1, 0.15) is 54.7 Å². The summed E-state index contributed by atoms with van der Waals surface area (Å²) in [7, 11) is 0. The Morgan fingerprint density at radius 2 is 1.89 bits per heavy atom. The molecule has 0 aromatic heterocycles. The number of aryl methyl sites for hydroxylation is 1. The molecule has 28 heavy (non-hydrogen) atoms. The van der Waals surface area contributed by atoms with E-state index in [-0.39, 0.29) is 11.1 Å². The van der Waals surface area contributed by atoms with Crippen LogP contribution >= 0.6 is 0 Å². The van der Waals surface area contributed by atoms with Gasteiger partial charge in [0.25, 0.3) is 0 Å². The summed E-state index contributed by atoms with van der Waals surface area (Å²) in [5, 5.41) is 13.3. The van der Waals surface area contributed by atoms with Gasteiger partial charge in [-0.2, -0.15) is 5.10 Å². The van der Waals surface area contributed by atoms with Gasteiger partial charge in [-0.05, 0) is 87.7 Å². The van der Waals surface area contributed by atoms with Gasteiger partial charge in [-0.25, -0.2) is 4.79 Å². The molecule has 0 unspecified atom stereocenters. The third-order valence-corrected chi connectivity index (χ3v) is 5.21. The van der Waals surface area contributed by atoms with Crippen LogP contribution in [0.15, 0.2) is 47.6 Å². The van der Waals surface area contributed by atoms with Crippen molar-refractivity contribution in [1.29, 1.82) is 0 Å². The van der Waals surface area contributed by atoms with Gasteiger partial charge >= 0.3 is 5.97 Å². The smallest absolute Gasteiger partial charge is 0.335 e. The number of nitrogens with zero attached hydrogens (tertiary/aromatic N) is 2. The van der Waals surface area contributed by atoms with Crippen molar-refractivity contribution >= 4 is 29.1 Å². The van der Waals surface area contributed by atoms with Crippen molar-refractivity contribution in [3.05, 3.63) is 64.7 Å². The van der Waals surface area contributed by atoms with Crippen molar-refractivity contribution < 1.29 is 9.90 Å². The lowest BCUT2D eigenvalue weighted by atomic mass is 9.87. The standard InChI is InChI=1S/C23H27N3O2/c1-6-26-21-11-15(2)18(12-20(21)16(3)13-23(26,4)5)14-24-25-19-9-7-17(8-10-19)22(27)28/h7-14,25H,6H2,1-5H3,(H,27,28)/b24-14-. The number of likely N-dealkylation sites (N-methyl/N-ethyl adjacent to an activating group) is 1. The monoisotopic (exact) mass is 377 g/mol. The maximum atomic E-state index is 10.9. The summed E-state index contributed by atoms with van der Waals surface area (Å²) in [6.07, 6.45) is 4.13. The molecule has 0 saturated carbocycles. The van der Waals surface area contributed by atoms with Gasteiger partial charge in [0.05, 0.1) is 23.0 Å². The fraction of sp³-hybridized carbons (Fsp3) is 0.304. The number of benzene rings is 2. The molecule has 0 spiro atoms. The first-order chi connectivity index (χ1) is 13.2. The van der Waals surface area contributed by atoms with Gasteiger partial charge in [0.1, 0.15) is 0 Å². The maximum Gasteiger partial charge on any atom is 0.335 e. The number of aromatic carboxylic acids is 1. The lowest BCUT2D eigenvalue weighted by Crippen LogP contribution is -2.45. The number of carbonyl (C=O) groups is 1. The van der Waals surface area contributed by atoms with Crippen LogP contribution in [0, 0.1) is 6.92 Å². The number of rotatable bonds is 5. The molecule has 0 fully saturated rings. The number of carboxylic acid groups (broad SMARTS) is 1. The number of hydrazone groups is 1. The molecule has 0 radical (unpaired) electrons. The SMILES string of the molecule is CCN1c2cc(C)c(/C=N\Nc3ccc(C(=O)O)cc3)cc2C(C)=CC1(C)C. The minimum atomic E-state index is -0.938. The number of allylic oxidation sites excluding steroid dienone is 1. The Morgan fingerprint density at radius 1 is 1.21 bits per heavy atom. The Kier molecular flexibility index (Phi) is 5.27. The number of anilines is 2. The van der Waals surface area contributed by atoms with Gasteiger partial charge in [0, 0.05) is 17.8 Å². The first-order valence-electron chi connectivity index (χ1n) is 9.47. The molecule has 2 aromatic carbocycles. The van der Waals surface area contributed by atoms with Crippen LogP contribution in [0.3, 0.4) is 0 Å². The van der Waals surface area contributed by atoms with E-state index in [2.05, 4.69) is 68.3 Å². The van der Waals surface area contributed by atoms with Crippen LogP contribution in [0.5, 0.6) is 0 Å². The van der Waals surface area contributed by atoms with Crippen molar-refractivity contribution in [1.82, 2.24) is 0 Å². The molecule has 3 rings (SSSR count). The topological polar surface area (TPSA) is 64.9 Å².